The molecule has 0 aliphatic carbocycles. The molecule has 1 heterocycles. The number of benzene rings is 1. The summed E-state index contributed by atoms with van der Waals surface area (Å²) in [6.07, 6.45) is 0.0631. The van der Waals surface area contributed by atoms with Gasteiger partial charge in [0.25, 0.3) is 0 Å². The van der Waals surface area contributed by atoms with Crippen LogP contribution in [0.15, 0.2) is 39.9 Å². The van der Waals surface area contributed by atoms with E-state index in [1.165, 1.54) is 0 Å². The molecule has 0 radical (unpaired) electrons. The zero-order valence-electron chi connectivity index (χ0n) is 13.2. The summed E-state index contributed by atoms with van der Waals surface area (Å²) >= 11 is 0. The first-order valence-corrected chi connectivity index (χ1v) is 8.44. The Bertz CT molecular complexity index is 782. The number of rotatable bonds is 5. The summed E-state index contributed by atoms with van der Waals surface area (Å²) in [4.78, 5) is 12.1. The molecule has 2 N–H and O–H groups in total. The summed E-state index contributed by atoms with van der Waals surface area (Å²) in [5.74, 6) is 0.512. The predicted molar refractivity (Wildman–Crippen MR) is 87.3 cm³/mol. The maximum Gasteiger partial charge on any atom is 0.342 e. The average molecular weight is 337 g/mol. The lowest BCUT2D eigenvalue weighted by Gasteiger charge is -2.17. The van der Waals surface area contributed by atoms with Crippen LogP contribution < -0.4 is 14.8 Å². The van der Waals surface area contributed by atoms with Gasteiger partial charge in [-0.1, -0.05) is 12.1 Å². The minimum atomic E-state index is -3.68. The Balaban J connectivity index is 1.99. The summed E-state index contributed by atoms with van der Waals surface area (Å²) in [6.45, 7) is 3.55. The van der Waals surface area contributed by atoms with E-state index in [1.54, 1.807) is 21.0 Å². The number of ether oxygens (including phenoxy) is 1. The molecule has 0 fully saturated rings. The molecule has 1 amide bonds. The Morgan fingerprint density at radius 1 is 1.35 bits per heavy atom. The van der Waals surface area contributed by atoms with Crippen LogP contribution in [-0.4, -0.2) is 27.1 Å². The fourth-order valence-electron chi connectivity index (χ4n) is 2.25. The number of hydrogen-bond acceptors (Lipinski definition) is 4. The summed E-state index contributed by atoms with van der Waals surface area (Å²) in [5, 5.41) is 2.80. The number of allylic oxidation sites excluding steroid dienone is 1. The fourth-order valence-corrected chi connectivity index (χ4v) is 3.28. The zero-order chi connectivity index (χ0) is 17.0. The second-order valence-electron chi connectivity index (χ2n) is 5.16. The average Bonchev–Trinajstić information content (AvgIpc) is 2.48. The molecule has 124 valence electrons. The van der Waals surface area contributed by atoms with Crippen molar-refractivity contribution in [1.82, 2.24) is 10.0 Å². The van der Waals surface area contributed by atoms with Gasteiger partial charge in [-0.2, -0.15) is 8.42 Å². The third-order valence-corrected chi connectivity index (χ3v) is 4.47. The second-order valence-corrected chi connectivity index (χ2v) is 6.50. The Hall–Kier alpha value is -2.35. The van der Waals surface area contributed by atoms with Gasteiger partial charge >= 0.3 is 10.2 Å². The maximum absolute atomic E-state index is 12.1. The highest BCUT2D eigenvalue weighted by Gasteiger charge is 2.21. The number of amides is 1. The van der Waals surface area contributed by atoms with Crippen molar-refractivity contribution >= 4 is 21.8 Å². The Morgan fingerprint density at radius 2 is 2.09 bits per heavy atom. The number of hydrogen-bond donors (Lipinski definition) is 2. The van der Waals surface area contributed by atoms with E-state index in [0.717, 1.165) is 11.3 Å². The highest BCUT2D eigenvalue weighted by molar-refractivity contribution is 7.88. The summed E-state index contributed by atoms with van der Waals surface area (Å²) in [5.41, 5.74) is 2.26. The summed E-state index contributed by atoms with van der Waals surface area (Å²) < 4.78 is 33.8. The Kier molecular flexibility index (Phi) is 5.05. The molecule has 0 saturated heterocycles. The Labute approximate surface area is 135 Å². The smallest absolute Gasteiger partial charge is 0.342 e. The minimum absolute atomic E-state index is 0.0631. The first kappa shape index (κ1) is 17.0. The lowest BCUT2D eigenvalue weighted by atomic mass is 10.1. The van der Waals surface area contributed by atoms with Gasteiger partial charge in [-0.05, 0) is 31.5 Å². The molecule has 0 unspecified atom stereocenters. The van der Waals surface area contributed by atoms with Crippen molar-refractivity contribution in [2.24, 2.45) is 4.40 Å². The number of nitrogens with zero attached hydrogens (tertiary/aromatic N) is 1. The quantitative estimate of drug-likeness (QED) is 0.846. The number of carbonyl (C=O) groups excluding carboxylic acids is 1. The van der Waals surface area contributed by atoms with E-state index in [0.29, 0.717) is 23.5 Å². The van der Waals surface area contributed by atoms with Crippen LogP contribution in [0.2, 0.25) is 0 Å². The van der Waals surface area contributed by atoms with E-state index < -0.39 is 10.2 Å². The lowest BCUT2D eigenvalue weighted by Crippen LogP contribution is -2.31. The van der Waals surface area contributed by atoms with Crippen LogP contribution in [0.4, 0.5) is 0 Å². The molecule has 0 spiro atoms. The van der Waals surface area contributed by atoms with E-state index in [9.17, 15) is 13.2 Å². The van der Waals surface area contributed by atoms with Crippen LogP contribution >= 0.6 is 0 Å². The highest BCUT2D eigenvalue weighted by Crippen LogP contribution is 2.17. The van der Waals surface area contributed by atoms with Gasteiger partial charge in [-0.25, -0.2) is 0 Å². The fraction of sp³-hybridized carbons (Fsp3) is 0.333. The normalized spacial score (nSPS) is 16.4. The molecule has 0 atom stereocenters. The molecule has 23 heavy (non-hydrogen) atoms. The van der Waals surface area contributed by atoms with Gasteiger partial charge in [0.2, 0.25) is 5.91 Å². The molecular formula is C15H19N3O4S. The van der Waals surface area contributed by atoms with Crippen LogP contribution in [-0.2, 0) is 21.5 Å². The standard InChI is InChI=1S/C15H19N3O4S/c1-10-14(11(2)18-23(20,21)17-10)8-15(19)16-9-12-5-4-6-13(7-12)22-3/h4-7,17H,8-9H2,1-3H3,(H,16,19). The molecule has 0 saturated carbocycles. The molecule has 1 aliphatic rings. The van der Waals surface area contributed by atoms with Gasteiger partial charge in [-0.3, -0.25) is 9.52 Å². The van der Waals surface area contributed by atoms with E-state index in [-0.39, 0.29) is 12.3 Å². The van der Waals surface area contributed by atoms with Crippen molar-refractivity contribution in [3.05, 3.63) is 41.1 Å². The van der Waals surface area contributed by atoms with Crippen molar-refractivity contribution < 1.29 is 17.9 Å². The van der Waals surface area contributed by atoms with Crippen molar-refractivity contribution in [2.75, 3.05) is 7.11 Å². The van der Waals surface area contributed by atoms with Gasteiger partial charge in [0.05, 0.1) is 19.2 Å². The first-order chi connectivity index (χ1) is 10.8. The third-order valence-electron chi connectivity index (χ3n) is 3.39. The van der Waals surface area contributed by atoms with E-state index >= 15 is 0 Å². The van der Waals surface area contributed by atoms with Crippen LogP contribution in [0.1, 0.15) is 25.8 Å². The number of carbonyl (C=O) groups is 1. The minimum Gasteiger partial charge on any atom is -0.497 e. The Morgan fingerprint density at radius 3 is 2.74 bits per heavy atom. The molecular weight excluding hydrogens is 318 g/mol. The topological polar surface area (TPSA) is 96.9 Å². The third kappa shape index (κ3) is 4.56. The summed E-state index contributed by atoms with van der Waals surface area (Å²) in [6, 6.07) is 7.40. The molecule has 1 aromatic rings. The molecule has 1 aliphatic heterocycles. The van der Waals surface area contributed by atoms with Crippen LogP contribution in [0.5, 0.6) is 5.75 Å². The van der Waals surface area contributed by atoms with Gasteiger partial charge in [0, 0.05) is 17.8 Å². The predicted octanol–water partition coefficient (Wildman–Crippen LogP) is 1.28. The van der Waals surface area contributed by atoms with Gasteiger partial charge in [-0.15, -0.1) is 4.40 Å². The van der Waals surface area contributed by atoms with Gasteiger partial charge in [0.1, 0.15) is 5.75 Å². The zero-order valence-corrected chi connectivity index (χ0v) is 14.0. The lowest BCUT2D eigenvalue weighted by molar-refractivity contribution is -0.120. The largest absolute Gasteiger partial charge is 0.497 e. The molecule has 0 bridgehead atoms. The highest BCUT2D eigenvalue weighted by atomic mass is 32.2. The van der Waals surface area contributed by atoms with Crippen molar-refractivity contribution in [2.45, 2.75) is 26.8 Å². The van der Waals surface area contributed by atoms with Crippen LogP contribution in [0.25, 0.3) is 0 Å². The molecule has 2 rings (SSSR count). The van der Waals surface area contributed by atoms with E-state index in [2.05, 4.69) is 14.4 Å². The van der Waals surface area contributed by atoms with Crippen LogP contribution in [0, 0.1) is 0 Å². The molecule has 1 aromatic carbocycles. The molecule has 0 aromatic heterocycles. The van der Waals surface area contributed by atoms with Gasteiger partial charge < -0.3 is 10.1 Å². The van der Waals surface area contributed by atoms with E-state index in [4.69, 9.17) is 4.74 Å². The van der Waals surface area contributed by atoms with Crippen LogP contribution in [0.3, 0.4) is 0 Å². The molecule has 8 heteroatoms. The van der Waals surface area contributed by atoms with Crippen molar-refractivity contribution in [1.29, 1.82) is 0 Å². The molecule has 7 nitrogen and oxygen atoms in total. The maximum atomic E-state index is 12.1. The van der Waals surface area contributed by atoms with Crippen molar-refractivity contribution in [3.8, 4) is 5.75 Å². The SMILES string of the molecule is COc1cccc(CNC(=O)CC2=C(C)NS(=O)(=O)N=C2C)c1. The second kappa shape index (κ2) is 6.82. The number of nitrogens with one attached hydrogen (secondary N) is 2. The first-order valence-electron chi connectivity index (χ1n) is 7.00. The van der Waals surface area contributed by atoms with E-state index in [1.807, 2.05) is 24.3 Å². The monoisotopic (exact) mass is 337 g/mol. The van der Waals surface area contributed by atoms with Crippen molar-refractivity contribution in [3.63, 3.8) is 0 Å². The summed E-state index contributed by atoms with van der Waals surface area (Å²) in [7, 11) is -2.10. The van der Waals surface area contributed by atoms with Gasteiger partial charge in [0.15, 0.2) is 0 Å². The number of methoxy groups -OCH3 is 1.